The number of rotatable bonds is 4. The molecule has 0 fully saturated rings. The number of carbonyl (C=O) groups is 1. The maximum atomic E-state index is 11.7. The first kappa shape index (κ1) is 14.5. The van der Waals surface area contributed by atoms with Gasteiger partial charge < -0.3 is 15.2 Å². The van der Waals surface area contributed by atoms with Gasteiger partial charge in [0.05, 0.1) is 5.02 Å². The predicted molar refractivity (Wildman–Crippen MR) is 78.7 cm³/mol. The van der Waals surface area contributed by atoms with Crippen LogP contribution in [0.2, 0.25) is 10.0 Å². The molecule has 0 saturated heterocycles. The number of halogens is 2. The van der Waals surface area contributed by atoms with Crippen LogP contribution >= 0.6 is 23.2 Å². The number of aromatic hydroxyl groups is 1. The van der Waals surface area contributed by atoms with E-state index in [-0.39, 0.29) is 18.3 Å². The Morgan fingerprint density at radius 2 is 2.00 bits per heavy atom. The van der Waals surface area contributed by atoms with Gasteiger partial charge in [-0.1, -0.05) is 29.3 Å². The largest absolute Gasteiger partial charge is 0.508 e. The van der Waals surface area contributed by atoms with Gasteiger partial charge in [-0.15, -0.1) is 0 Å². The Hall–Kier alpha value is -1.91. The van der Waals surface area contributed by atoms with Crippen LogP contribution in [0.5, 0.6) is 11.5 Å². The van der Waals surface area contributed by atoms with Gasteiger partial charge in [0.2, 0.25) is 0 Å². The van der Waals surface area contributed by atoms with E-state index in [2.05, 4.69) is 5.32 Å². The second-order valence-electron chi connectivity index (χ2n) is 3.96. The highest BCUT2D eigenvalue weighted by Gasteiger charge is 2.07. The molecule has 20 heavy (non-hydrogen) atoms. The molecule has 0 bridgehead atoms. The average molecular weight is 312 g/mol. The van der Waals surface area contributed by atoms with Crippen molar-refractivity contribution in [1.29, 1.82) is 0 Å². The molecule has 104 valence electrons. The van der Waals surface area contributed by atoms with Gasteiger partial charge in [0.25, 0.3) is 5.91 Å². The molecule has 2 rings (SSSR count). The highest BCUT2D eigenvalue weighted by Crippen LogP contribution is 2.27. The lowest BCUT2D eigenvalue weighted by molar-refractivity contribution is -0.118. The fourth-order valence-electron chi connectivity index (χ4n) is 1.52. The molecule has 0 unspecified atom stereocenters. The van der Waals surface area contributed by atoms with Crippen LogP contribution in [0, 0.1) is 0 Å². The van der Waals surface area contributed by atoms with Crippen molar-refractivity contribution in [3.8, 4) is 11.5 Å². The van der Waals surface area contributed by atoms with Crippen LogP contribution in [0.15, 0.2) is 42.5 Å². The molecule has 0 atom stereocenters. The number of hydrogen-bond donors (Lipinski definition) is 2. The Morgan fingerprint density at radius 3 is 2.70 bits per heavy atom. The van der Waals surface area contributed by atoms with Crippen molar-refractivity contribution in [1.82, 2.24) is 0 Å². The van der Waals surface area contributed by atoms with Crippen LogP contribution in [0.1, 0.15) is 0 Å². The normalized spacial score (nSPS) is 10.1. The number of benzene rings is 2. The van der Waals surface area contributed by atoms with E-state index >= 15 is 0 Å². The molecule has 0 aliphatic heterocycles. The van der Waals surface area contributed by atoms with Gasteiger partial charge in [-0.2, -0.15) is 0 Å². The van der Waals surface area contributed by atoms with Crippen molar-refractivity contribution >= 4 is 34.8 Å². The molecule has 0 aliphatic carbocycles. The monoisotopic (exact) mass is 311 g/mol. The van der Waals surface area contributed by atoms with Crippen molar-refractivity contribution < 1.29 is 14.6 Å². The van der Waals surface area contributed by atoms with E-state index < -0.39 is 0 Å². The third kappa shape index (κ3) is 4.05. The highest BCUT2D eigenvalue weighted by molar-refractivity contribution is 6.35. The van der Waals surface area contributed by atoms with Gasteiger partial charge in [-0.25, -0.2) is 0 Å². The molecule has 2 aromatic rings. The SMILES string of the molecule is O=C(COc1ccc(Cl)cc1Cl)Nc1cccc(O)c1. The number of hydrogen-bond acceptors (Lipinski definition) is 3. The second kappa shape index (κ2) is 6.50. The van der Waals surface area contributed by atoms with E-state index in [1.807, 2.05) is 0 Å². The summed E-state index contributed by atoms with van der Waals surface area (Å²) in [5.41, 5.74) is 0.487. The Balaban J connectivity index is 1.92. The predicted octanol–water partition coefficient (Wildman–Crippen LogP) is 3.72. The van der Waals surface area contributed by atoms with Crippen molar-refractivity contribution in [2.24, 2.45) is 0 Å². The molecule has 0 spiro atoms. The maximum absolute atomic E-state index is 11.7. The number of phenols is 1. The molecule has 2 N–H and O–H groups in total. The summed E-state index contributed by atoms with van der Waals surface area (Å²) in [5, 5.41) is 12.7. The lowest BCUT2D eigenvalue weighted by Gasteiger charge is -2.09. The zero-order valence-electron chi connectivity index (χ0n) is 10.3. The second-order valence-corrected chi connectivity index (χ2v) is 4.81. The molecule has 6 heteroatoms. The van der Waals surface area contributed by atoms with Crippen LogP contribution in [0.4, 0.5) is 5.69 Å². The molecule has 0 aliphatic rings. The minimum absolute atomic E-state index is 0.0736. The van der Waals surface area contributed by atoms with Crippen LogP contribution < -0.4 is 10.1 Å². The third-order valence-electron chi connectivity index (χ3n) is 2.38. The van der Waals surface area contributed by atoms with Crippen LogP contribution in [-0.2, 0) is 4.79 Å². The van der Waals surface area contributed by atoms with Gasteiger partial charge in [-0.3, -0.25) is 4.79 Å². The van der Waals surface area contributed by atoms with E-state index in [1.54, 1.807) is 24.3 Å². The number of anilines is 1. The zero-order chi connectivity index (χ0) is 14.5. The van der Waals surface area contributed by atoms with Gasteiger partial charge in [0.15, 0.2) is 6.61 Å². The Kier molecular flexibility index (Phi) is 4.71. The number of carbonyl (C=O) groups excluding carboxylic acids is 1. The molecule has 0 radical (unpaired) electrons. The van der Waals surface area contributed by atoms with Gasteiger partial charge >= 0.3 is 0 Å². The first-order chi connectivity index (χ1) is 9.54. The number of phenolic OH excluding ortho intramolecular Hbond substituents is 1. The summed E-state index contributed by atoms with van der Waals surface area (Å²) in [4.78, 5) is 11.7. The standard InChI is InChI=1S/C14H11Cl2NO3/c15-9-4-5-13(12(16)6-9)20-8-14(19)17-10-2-1-3-11(18)7-10/h1-7,18H,8H2,(H,17,19). The molecular weight excluding hydrogens is 301 g/mol. The minimum atomic E-state index is -0.360. The maximum Gasteiger partial charge on any atom is 0.262 e. The summed E-state index contributed by atoms with van der Waals surface area (Å²) < 4.78 is 5.29. The first-order valence-electron chi connectivity index (χ1n) is 5.71. The third-order valence-corrected chi connectivity index (χ3v) is 2.91. The topological polar surface area (TPSA) is 58.6 Å². The summed E-state index contributed by atoms with van der Waals surface area (Å²) in [6, 6.07) is 11.0. The van der Waals surface area contributed by atoms with E-state index in [4.69, 9.17) is 27.9 Å². The molecule has 0 heterocycles. The van der Waals surface area contributed by atoms with Crippen LogP contribution in [-0.4, -0.2) is 17.6 Å². The Labute approximate surface area is 125 Å². The van der Waals surface area contributed by atoms with Gasteiger partial charge in [0.1, 0.15) is 11.5 Å². The van der Waals surface area contributed by atoms with Crippen molar-refractivity contribution in [2.75, 3.05) is 11.9 Å². The summed E-state index contributed by atoms with van der Waals surface area (Å²) in [6.45, 7) is -0.197. The van der Waals surface area contributed by atoms with Crippen molar-refractivity contribution in [2.45, 2.75) is 0 Å². The summed E-state index contributed by atoms with van der Waals surface area (Å²) in [6.07, 6.45) is 0. The van der Waals surface area contributed by atoms with Gasteiger partial charge in [0, 0.05) is 16.8 Å². The van der Waals surface area contributed by atoms with Gasteiger partial charge in [-0.05, 0) is 30.3 Å². The lowest BCUT2D eigenvalue weighted by Crippen LogP contribution is -2.20. The summed E-state index contributed by atoms with van der Waals surface area (Å²) in [7, 11) is 0. The Morgan fingerprint density at radius 1 is 1.20 bits per heavy atom. The lowest BCUT2D eigenvalue weighted by atomic mass is 10.3. The van der Waals surface area contributed by atoms with E-state index in [9.17, 15) is 9.90 Å². The number of amides is 1. The zero-order valence-corrected chi connectivity index (χ0v) is 11.8. The van der Waals surface area contributed by atoms with Crippen molar-refractivity contribution in [3.05, 3.63) is 52.5 Å². The smallest absolute Gasteiger partial charge is 0.262 e. The molecule has 0 aromatic heterocycles. The summed E-state index contributed by atoms with van der Waals surface area (Å²) in [5.74, 6) is 0.0909. The quantitative estimate of drug-likeness (QED) is 0.904. The minimum Gasteiger partial charge on any atom is -0.508 e. The highest BCUT2D eigenvalue weighted by atomic mass is 35.5. The van der Waals surface area contributed by atoms with E-state index in [0.29, 0.717) is 21.5 Å². The fourth-order valence-corrected chi connectivity index (χ4v) is 1.98. The molecule has 2 aromatic carbocycles. The number of ether oxygens (including phenoxy) is 1. The molecular formula is C14H11Cl2NO3. The summed E-state index contributed by atoms with van der Waals surface area (Å²) >= 11 is 11.7. The van der Waals surface area contributed by atoms with Crippen LogP contribution in [0.3, 0.4) is 0 Å². The van der Waals surface area contributed by atoms with E-state index in [1.165, 1.54) is 18.2 Å². The Bertz CT molecular complexity index is 632. The average Bonchev–Trinajstić information content (AvgIpc) is 2.37. The molecule has 1 amide bonds. The molecule has 0 saturated carbocycles. The van der Waals surface area contributed by atoms with Crippen molar-refractivity contribution in [3.63, 3.8) is 0 Å². The number of nitrogens with one attached hydrogen (secondary N) is 1. The first-order valence-corrected chi connectivity index (χ1v) is 6.47. The van der Waals surface area contributed by atoms with E-state index in [0.717, 1.165) is 0 Å². The molecule has 4 nitrogen and oxygen atoms in total. The fraction of sp³-hybridized carbons (Fsp3) is 0.0714. The van der Waals surface area contributed by atoms with Crippen LogP contribution in [0.25, 0.3) is 0 Å².